The van der Waals surface area contributed by atoms with E-state index in [0.717, 1.165) is 39.3 Å². The Morgan fingerprint density at radius 1 is 1.10 bits per heavy atom. The Morgan fingerprint density at radius 2 is 1.95 bits per heavy atom. The Balaban J connectivity index is 1.33. The number of fused-ring (bicyclic) bond motifs is 1. The molecule has 1 aromatic heterocycles. The van der Waals surface area contributed by atoms with Crippen LogP contribution in [0.1, 0.15) is 31.0 Å². The van der Waals surface area contributed by atoms with E-state index in [0.29, 0.717) is 50.9 Å². The van der Waals surface area contributed by atoms with Crippen LogP contribution in [0.5, 0.6) is 5.75 Å². The normalized spacial score (nSPS) is 15.9. The van der Waals surface area contributed by atoms with E-state index in [1.807, 2.05) is 6.07 Å². The van der Waals surface area contributed by atoms with Gasteiger partial charge < -0.3 is 20.3 Å². The van der Waals surface area contributed by atoms with E-state index in [1.165, 1.54) is 24.5 Å². The average Bonchev–Trinajstić information content (AvgIpc) is 2.98. The predicted molar refractivity (Wildman–Crippen MR) is 160 cm³/mol. The molecule has 7 nitrogen and oxygen atoms in total. The summed E-state index contributed by atoms with van der Waals surface area (Å²) in [5, 5.41) is 7.62. The second-order valence-corrected chi connectivity index (χ2v) is 10.5. The Bertz CT molecular complexity index is 1480. The zero-order chi connectivity index (χ0) is 28.8. The second kappa shape index (κ2) is 13.5. The van der Waals surface area contributed by atoms with Gasteiger partial charge in [-0.25, -0.2) is 18.7 Å². The number of anilines is 2. The van der Waals surface area contributed by atoms with Crippen LogP contribution in [0.4, 0.5) is 20.3 Å². The maximum atomic E-state index is 15.7. The Labute approximate surface area is 244 Å². The highest BCUT2D eigenvalue weighted by atomic mass is 35.5. The fraction of sp³-hybridized carbons (Fsp3) is 0.355. The SMILES string of the molecule is CCN(CC)CCN1CCNCC1c1cc2ncnc(Nc3ccc(OCc4cccc(F)c4)c(Cl)c3)c2cc1F. The fourth-order valence-electron chi connectivity index (χ4n) is 5.20. The van der Waals surface area contributed by atoms with Crippen LogP contribution < -0.4 is 15.4 Å². The average molecular weight is 581 g/mol. The Kier molecular flexibility index (Phi) is 9.61. The molecular formula is C31H35ClF2N6O. The van der Waals surface area contributed by atoms with Gasteiger partial charge in [-0.1, -0.05) is 37.6 Å². The number of hydrogen-bond donors (Lipinski definition) is 2. The van der Waals surface area contributed by atoms with Crippen molar-refractivity contribution < 1.29 is 13.5 Å². The van der Waals surface area contributed by atoms with Crippen LogP contribution in [0.25, 0.3) is 10.9 Å². The zero-order valence-corrected chi connectivity index (χ0v) is 24.1. The molecule has 0 saturated carbocycles. The predicted octanol–water partition coefficient (Wildman–Crippen LogP) is 6.17. The monoisotopic (exact) mass is 580 g/mol. The summed E-state index contributed by atoms with van der Waals surface area (Å²) in [6, 6.07) is 14.7. The summed E-state index contributed by atoms with van der Waals surface area (Å²) in [6.45, 7) is 10.8. The summed E-state index contributed by atoms with van der Waals surface area (Å²) in [6.07, 6.45) is 1.47. The van der Waals surface area contributed by atoms with Crippen LogP contribution in [-0.2, 0) is 6.61 Å². The van der Waals surface area contributed by atoms with E-state index >= 15 is 4.39 Å². The molecule has 2 N–H and O–H groups in total. The first kappa shape index (κ1) is 29.1. The van der Waals surface area contributed by atoms with E-state index in [-0.39, 0.29) is 24.3 Å². The Morgan fingerprint density at radius 3 is 2.73 bits per heavy atom. The molecule has 1 unspecified atom stereocenters. The van der Waals surface area contributed by atoms with Crippen molar-refractivity contribution in [1.29, 1.82) is 0 Å². The number of benzene rings is 3. The molecule has 0 aliphatic carbocycles. The molecule has 0 radical (unpaired) electrons. The van der Waals surface area contributed by atoms with Gasteiger partial charge in [-0.2, -0.15) is 0 Å². The number of nitrogens with one attached hydrogen (secondary N) is 2. The lowest BCUT2D eigenvalue weighted by Gasteiger charge is -2.37. The Hall–Kier alpha value is -3.37. The quantitative estimate of drug-likeness (QED) is 0.220. The molecule has 0 amide bonds. The summed E-state index contributed by atoms with van der Waals surface area (Å²) >= 11 is 6.48. The number of likely N-dealkylation sites (N-methyl/N-ethyl adjacent to an activating group) is 1. The molecule has 1 fully saturated rings. The molecule has 2 heterocycles. The van der Waals surface area contributed by atoms with Crippen molar-refractivity contribution in [2.45, 2.75) is 26.5 Å². The summed E-state index contributed by atoms with van der Waals surface area (Å²) < 4.78 is 34.9. The third-order valence-corrected chi connectivity index (χ3v) is 7.84. The largest absolute Gasteiger partial charge is 0.487 e. The number of nitrogens with zero attached hydrogens (tertiary/aromatic N) is 4. The molecule has 4 aromatic rings. The van der Waals surface area contributed by atoms with Crippen molar-refractivity contribution in [3.8, 4) is 5.75 Å². The molecule has 41 heavy (non-hydrogen) atoms. The van der Waals surface area contributed by atoms with Gasteiger partial charge >= 0.3 is 0 Å². The molecule has 1 atom stereocenters. The molecule has 1 saturated heterocycles. The minimum absolute atomic E-state index is 0.0752. The van der Waals surface area contributed by atoms with Crippen LogP contribution >= 0.6 is 11.6 Å². The molecule has 5 rings (SSSR count). The van der Waals surface area contributed by atoms with Crippen molar-refractivity contribution >= 4 is 34.0 Å². The first-order valence-corrected chi connectivity index (χ1v) is 14.4. The lowest BCUT2D eigenvalue weighted by Crippen LogP contribution is -2.48. The summed E-state index contributed by atoms with van der Waals surface area (Å²) in [7, 11) is 0. The molecule has 0 spiro atoms. The second-order valence-electron chi connectivity index (χ2n) is 10.1. The van der Waals surface area contributed by atoms with Gasteiger partial charge in [-0.05, 0) is 61.1 Å². The fourth-order valence-corrected chi connectivity index (χ4v) is 5.43. The van der Waals surface area contributed by atoms with Crippen molar-refractivity contribution in [1.82, 2.24) is 25.1 Å². The molecule has 216 valence electrons. The lowest BCUT2D eigenvalue weighted by molar-refractivity contribution is 0.137. The highest BCUT2D eigenvalue weighted by molar-refractivity contribution is 6.32. The van der Waals surface area contributed by atoms with Crippen LogP contribution in [-0.4, -0.2) is 65.6 Å². The number of aromatic nitrogens is 2. The molecule has 1 aliphatic rings. The van der Waals surface area contributed by atoms with Crippen LogP contribution in [0.3, 0.4) is 0 Å². The van der Waals surface area contributed by atoms with Crippen LogP contribution in [0.15, 0.2) is 60.9 Å². The van der Waals surface area contributed by atoms with Crippen LogP contribution in [0.2, 0.25) is 5.02 Å². The minimum atomic E-state index is -0.319. The van der Waals surface area contributed by atoms with Gasteiger partial charge in [0, 0.05) is 49.4 Å². The summed E-state index contributed by atoms with van der Waals surface area (Å²) in [5.41, 5.74) is 2.66. The van der Waals surface area contributed by atoms with Gasteiger partial charge in [0.05, 0.1) is 16.6 Å². The minimum Gasteiger partial charge on any atom is -0.487 e. The lowest BCUT2D eigenvalue weighted by atomic mass is 10.0. The third kappa shape index (κ3) is 7.11. The number of ether oxygens (including phenoxy) is 1. The van der Waals surface area contributed by atoms with Crippen molar-refractivity contribution in [2.75, 3.05) is 51.1 Å². The van der Waals surface area contributed by atoms with Crippen LogP contribution in [0, 0.1) is 11.6 Å². The van der Waals surface area contributed by atoms with Gasteiger partial charge in [0.1, 0.15) is 36.1 Å². The number of hydrogen-bond acceptors (Lipinski definition) is 7. The molecule has 0 bridgehead atoms. The highest BCUT2D eigenvalue weighted by Crippen LogP contribution is 2.33. The van der Waals surface area contributed by atoms with E-state index in [2.05, 4.69) is 44.2 Å². The maximum Gasteiger partial charge on any atom is 0.141 e. The van der Waals surface area contributed by atoms with Gasteiger partial charge in [-0.3, -0.25) is 4.90 Å². The third-order valence-electron chi connectivity index (χ3n) is 7.54. The van der Waals surface area contributed by atoms with Gasteiger partial charge in [0.15, 0.2) is 0 Å². The van der Waals surface area contributed by atoms with E-state index < -0.39 is 0 Å². The smallest absolute Gasteiger partial charge is 0.141 e. The molecule has 1 aliphatic heterocycles. The van der Waals surface area contributed by atoms with E-state index in [4.69, 9.17) is 16.3 Å². The van der Waals surface area contributed by atoms with E-state index in [9.17, 15) is 4.39 Å². The van der Waals surface area contributed by atoms with Crippen molar-refractivity contribution in [2.24, 2.45) is 0 Å². The van der Waals surface area contributed by atoms with Gasteiger partial charge in [0.25, 0.3) is 0 Å². The first-order valence-electron chi connectivity index (χ1n) is 14.0. The first-order chi connectivity index (χ1) is 19.9. The molecule has 3 aromatic carbocycles. The highest BCUT2D eigenvalue weighted by Gasteiger charge is 2.27. The van der Waals surface area contributed by atoms with Gasteiger partial charge in [0.2, 0.25) is 0 Å². The number of halogens is 3. The van der Waals surface area contributed by atoms with Crippen molar-refractivity contribution in [3.05, 3.63) is 88.7 Å². The number of piperazine rings is 1. The molecule has 10 heteroatoms. The maximum absolute atomic E-state index is 15.7. The summed E-state index contributed by atoms with van der Waals surface area (Å²) in [5.74, 6) is 0.345. The molecular weight excluding hydrogens is 546 g/mol. The van der Waals surface area contributed by atoms with Crippen molar-refractivity contribution in [3.63, 3.8) is 0 Å². The van der Waals surface area contributed by atoms with E-state index in [1.54, 1.807) is 30.3 Å². The zero-order valence-electron chi connectivity index (χ0n) is 23.3. The standard InChI is InChI=1S/C31H35ClF2N6O/c1-3-39(4-2)12-13-40-11-10-35-18-29(40)24-17-28-25(16-27(24)34)31(37-20-36-28)38-23-8-9-30(26(32)15-23)41-19-21-6-5-7-22(33)14-21/h5-9,14-17,20,29,35H,3-4,10-13,18-19H2,1-2H3,(H,36,37,38). The topological polar surface area (TPSA) is 65.5 Å². The van der Waals surface area contributed by atoms with Gasteiger partial charge in [-0.15, -0.1) is 0 Å². The number of rotatable bonds is 11. The summed E-state index contributed by atoms with van der Waals surface area (Å²) in [4.78, 5) is 13.6.